The highest BCUT2D eigenvalue weighted by Crippen LogP contribution is 2.27. The minimum atomic E-state index is -0.574. The first-order valence-corrected chi connectivity index (χ1v) is 8.38. The maximum absolute atomic E-state index is 12.4. The van der Waals surface area contributed by atoms with Crippen LogP contribution in [0.15, 0.2) is 57.9 Å². The number of hydrogen-bond acceptors (Lipinski definition) is 6. The van der Waals surface area contributed by atoms with Crippen LogP contribution in [-0.2, 0) is 0 Å². The molecule has 124 valence electrons. The van der Waals surface area contributed by atoms with Crippen LogP contribution < -0.4 is 16.3 Å². The zero-order valence-electron chi connectivity index (χ0n) is 13.2. The van der Waals surface area contributed by atoms with Gasteiger partial charge in [-0.3, -0.25) is 20.4 Å². The highest BCUT2D eigenvalue weighted by Gasteiger charge is 2.14. The molecule has 0 aliphatic heterocycles. The smallest absolute Gasteiger partial charge is 0.276 e. The predicted octanol–water partition coefficient (Wildman–Crippen LogP) is 3.47. The number of para-hydroxylation sites is 2. The Labute approximate surface area is 146 Å². The van der Waals surface area contributed by atoms with E-state index in [1.807, 2.05) is 25.1 Å². The number of carbonyl (C=O) groups is 1. The molecule has 7 heteroatoms. The lowest BCUT2D eigenvalue weighted by Crippen LogP contribution is -2.32. The predicted molar refractivity (Wildman–Crippen MR) is 97.9 cm³/mol. The summed E-state index contributed by atoms with van der Waals surface area (Å²) in [4.78, 5) is 29.2. The maximum atomic E-state index is 12.4. The summed E-state index contributed by atoms with van der Waals surface area (Å²) in [6.45, 7) is 1.98. The van der Waals surface area contributed by atoms with E-state index in [-0.39, 0.29) is 11.0 Å². The van der Waals surface area contributed by atoms with Crippen LogP contribution >= 0.6 is 11.3 Å². The third-order valence-electron chi connectivity index (χ3n) is 3.83. The number of hydrazine groups is 1. The number of fused-ring (bicyclic) bond motifs is 2. The normalized spacial score (nSPS) is 10.9. The summed E-state index contributed by atoms with van der Waals surface area (Å²) in [5.41, 5.74) is 7.21. The van der Waals surface area contributed by atoms with E-state index >= 15 is 0 Å². The van der Waals surface area contributed by atoms with Crippen LogP contribution in [0, 0.1) is 6.92 Å². The number of benzene rings is 2. The third kappa shape index (κ3) is 2.74. The fourth-order valence-corrected chi connectivity index (χ4v) is 3.45. The van der Waals surface area contributed by atoms with E-state index in [0.717, 1.165) is 15.8 Å². The molecular weight excluding hydrogens is 338 g/mol. The Hall–Kier alpha value is -3.19. The number of aryl methyl sites for hydroxylation is 1. The van der Waals surface area contributed by atoms with Gasteiger partial charge in [-0.05, 0) is 30.7 Å². The molecule has 0 atom stereocenters. The molecule has 0 aliphatic carbocycles. The van der Waals surface area contributed by atoms with E-state index in [1.54, 1.807) is 24.3 Å². The number of nitrogens with zero attached hydrogens (tertiary/aromatic N) is 1. The van der Waals surface area contributed by atoms with Crippen molar-refractivity contribution in [3.8, 4) is 0 Å². The van der Waals surface area contributed by atoms with Gasteiger partial charge in [0.1, 0.15) is 17.4 Å². The number of hydrogen-bond donors (Lipinski definition) is 2. The summed E-state index contributed by atoms with van der Waals surface area (Å²) in [7, 11) is 0. The minimum Gasteiger partial charge on any atom is -0.463 e. The summed E-state index contributed by atoms with van der Waals surface area (Å²) in [5.74, 6) is -0.574. The zero-order chi connectivity index (χ0) is 17.4. The van der Waals surface area contributed by atoms with Gasteiger partial charge >= 0.3 is 0 Å². The van der Waals surface area contributed by atoms with E-state index in [1.165, 1.54) is 17.6 Å². The van der Waals surface area contributed by atoms with Gasteiger partial charge in [0.05, 0.1) is 15.6 Å². The highest BCUT2D eigenvalue weighted by molar-refractivity contribution is 7.22. The van der Waals surface area contributed by atoms with Crippen molar-refractivity contribution in [1.29, 1.82) is 0 Å². The van der Waals surface area contributed by atoms with Crippen molar-refractivity contribution in [2.24, 2.45) is 0 Å². The highest BCUT2D eigenvalue weighted by atomic mass is 32.1. The van der Waals surface area contributed by atoms with Gasteiger partial charge in [-0.1, -0.05) is 35.6 Å². The lowest BCUT2D eigenvalue weighted by Gasteiger charge is -2.05. The van der Waals surface area contributed by atoms with Gasteiger partial charge in [-0.2, -0.15) is 0 Å². The van der Waals surface area contributed by atoms with E-state index in [9.17, 15) is 9.59 Å². The summed E-state index contributed by atoms with van der Waals surface area (Å²) >= 11 is 1.42. The molecule has 25 heavy (non-hydrogen) atoms. The lowest BCUT2D eigenvalue weighted by molar-refractivity contribution is 0.0960. The topological polar surface area (TPSA) is 84.2 Å². The standard InChI is InChI=1S/C18H13N3O3S/c1-10-5-4-8-14-15(10)19-18(25-14)21-20-17(23)12-9-24-13-7-3-2-6-11(13)16(12)22/h2-9H,1H3,(H,19,21)(H,20,23). The summed E-state index contributed by atoms with van der Waals surface area (Å²) in [5, 5.41) is 0.911. The van der Waals surface area contributed by atoms with Crippen LogP contribution in [0.5, 0.6) is 0 Å². The fourth-order valence-electron chi connectivity index (χ4n) is 2.55. The molecule has 0 spiro atoms. The largest absolute Gasteiger partial charge is 0.463 e. The first kappa shape index (κ1) is 15.3. The van der Waals surface area contributed by atoms with Crippen LogP contribution in [0.2, 0.25) is 0 Å². The van der Waals surface area contributed by atoms with E-state index < -0.39 is 5.91 Å². The fraction of sp³-hybridized carbons (Fsp3) is 0.0556. The third-order valence-corrected chi connectivity index (χ3v) is 4.76. The maximum Gasteiger partial charge on any atom is 0.276 e. The average Bonchev–Trinajstić information content (AvgIpc) is 3.05. The van der Waals surface area contributed by atoms with Crippen molar-refractivity contribution >= 4 is 43.6 Å². The Morgan fingerprint density at radius 1 is 1.16 bits per heavy atom. The Kier molecular flexibility index (Phi) is 3.70. The molecule has 4 aromatic rings. The second-order valence-electron chi connectivity index (χ2n) is 5.49. The number of rotatable bonds is 3. The van der Waals surface area contributed by atoms with Crippen LogP contribution in [-0.4, -0.2) is 10.9 Å². The first-order chi connectivity index (χ1) is 12.1. The second-order valence-corrected chi connectivity index (χ2v) is 6.53. The number of carbonyl (C=O) groups excluding carboxylic acids is 1. The van der Waals surface area contributed by atoms with Crippen LogP contribution in [0.1, 0.15) is 15.9 Å². The van der Waals surface area contributed by atoms with Crippen molar-refractivity contribution in [2.45, 2.75) is 6.92 Å². The molecule has 0 fully saturated rings. The number of thiazole rings is 1. The zero-order valence-corrected chi connectivity index (χ0v) is 14.0. The van der Waals surface area contributed by atoms with Gasteiger partial charge in [0.2, 0.25) is 10.6 Å². The molecule has 1 amide bonds. The number of aromatic nitrogens is 1. The van der Waals surface area contributed by atoms with Crippen molar-refractivity contribution in [1.82, 2.24) is 10.4 Å². The average molecular weight is 351 g/mol. The quantitative estimate of drug-likeness (QED) is 0.552. The van der Waals surface area contributed by atoms with E-state index in [0.29, 0.717) is 16.1 Å². The van der Waals surface area contributed by atoms with Crippen LogP contribution in [0.4, 0.5) is 5.13 Å². The Morgan fingerprint density at radius 3 is 2.84 bits per heavy atom. The summed E-state index contributed by atoms with van der Waals surface area (Å²) in [6, 6.07) is 12.7. The van der Waals surface area contributed by atoms with Crippen molar-refractivity contribution in [2.75, 3.05) is 5.43 Å². The van der Waals surface area contributed by atoms with Crippen molar-refractivity contribution in [3.63, 3.8) is 0 Å². The second kappa shape index (κ2) is 6.03. The van der Waals surface area contributed by atoms with Gasteiger partial charge in [0.15, 0.2) is 0 Å². The molecule has 4 rings (SSSR count). The van der Waals surface area contributed by atoms with Crippen LogP contribution in [0.3, 0.4) is 0 Å². The summed E-state index contributed by atoms with van der Waals surface area (Å²) in [6.07, 6.45) is 1.17. The van der Waals surface area contributed by atoms with E-state index in [2.05, 4.69) is 15.8 Å². The number of amides is 1. The molecule has 2 aromatic heterocycles. The van der Waals surface area contributed by atoms with Crippen molar-refractivity contribution < 1.29 is 9.21 Å². The summed E-state index contributed by atoms with van der Waals surface area (Å²) < 4.78 is 6.37. The van der Waals surface area contributed by atoms with Crippen LogP contribution in [0.25, 0.3) is 21.2 Å². The number of nitrogens with one attached hydrogen (secondary N) is 2. The molecule has 2 heterocycles. The molecule has 0 aliphatic rings. The van der Waals surface area contributed by atoms with Gasteiger partial charge in [0, 0.05) is 0 Å². The molecule has 2 N–H and O–H groups in total. The first-order valence-electron chi connectivity index (χ1n) is 7.56. The monoisotopic (exact) mass is 351 g/mol. The van der Waals surface area contributed by atoms with Gasteiger partial charge in [-0.25, -0.2) is 4.98 Å². The molecule has 2 aromatic carbocycles. The lowest BCUT2D eigenvalue weighted by atomic mass is 10.2. The molecule has 0 saturated carbocycles. The molecule has 6 nitrogen and oxygen atoms in total. The molecule has 0 saturated heterocycles. The SMILES string of the molecule is Cc1cccc2sc(NNC(=O)c3coc4ccccc4c3=O)nc12. The minimum absolute atomic E-state index is 0.0662. The number of anilines is 1. The Morgan fingerprint density at radius 2 is 2.00 bits per heavy atom. The molecule has 0 unspecified atom stereocenters. The van der Waals surface area contributed by atoms with Gasteiger partial charge in [0.25, 0.3) is 5.91 Å². The molecule has 0 bridgehead atoms. The van der Waals surface area contributed by atoms with E-state index in [4.69, 9.17) is 4.42 Å². The molecule has 0 radical (unpaired) electrons. The van der Waals surface area contributed by atoms with Crippen molar-refractivity contribution in [3.05, 3.63) is 70.1 Å². The Bertz CT molecular complexity index is 1160. The van der Waals surface area contributed by atoms with Gasteiger partial charge in [-0.15, -0.1) is 0 Å². The molecular formula is C18H13N3O3S. The van der Waals surface area contributed by atoms with Gasteiger partial charge < -0.3 is 4.42 Å². The Balaban J connectivity index is 1.58.